The van der Waals surface area contributed by atoms with E-state index in [-0.39, 0.29) is 10.8 Å². The Balaban J connectivity index is 1.17. The van der Waals surface area contributed by atoms with Crippen LogP contribution >= 0.6 is 0 Å². The number of carbonyl (C=O) groups is 1. The third kappa shape index (κ3) is 6.70. The Bertz CT molecular complexity index is 1160. The minimum absolute atomic E-state index is 0.0648. The van der Waals surface area contributed by atoms with E-state index in [0.29, 0.717) is 37.0 Å². The molecule has 0 aliphatic carbocycles. The van der Waals surface area contributed by atoms with E-state index in [1.807, 2.05) is 12.1 Å². The first kappa shape index (κ1) is 25.4. The van der Waals surface area contributed by atoms with E-state index in [0.717, 1.165) is 32.4 Å². The molecule has 7 nitrogen and oxygen atoms in total. The van der Waals surface area contributed by atoms with Crippen molar-refractivity contribution in [2.75, 3.05) is 13.1 Å². The number of piperidine rings is 1. The van der Waals surface area contributed by atoms with Gasteiger partial charge in [0, 0.05) is 37.7 Å². The quantitative estimate of drug-likeness (QED) is 0.487. The van der Waals surface area contributed by atoms with Crippen molar-refractivity contribution in [2.45, 2.75) is 75.9 Å². The van der Waals surface area contributed by atoms with Crippen LogP contribution in [0.2, 0.25) is 0 Å². The summed E-state index contributed by atoms with van der Waals surface area (Å²) in [6.45, 7) is 5.48. The highest BCUT2D eigenvalue weighted by Gasteiger charge is 2.29. The van der Waals surface area contributed by atoms with E-state index in [9.17, 15) is 13.2 Å². The van der Waals surface area contributed by atoms with Crippen molar-refractivity contribution >= 4 is 21.8 Å². The number of hydrogen-bond acceptors (Lipinski definition) is 5. The number of likely N-dealkylation sites (tertiary alicyclic amines) is 1. The molecule has 1 atom stereocenters. The highest BCUT2D eigenvalue weighted by Crippen LogP contribution is 2.23. The zero-order valence-electron chi connectivity index (χ0n) is 20.5. The van der Waals surface area contributed by atoms with Crippen LogP contribution in [0.4, 0.5) is 0 Å². The number of carbonyl (C=O) groups excluding carboxylic acids is 1. The van der Waals surface area contributed by atoms with E-state index in [4.69, 9.17) is 0 Å². The molecule has 2 heterocycles. The minimum Gasteiger partial charge on any atom is -0.352 e. The fraction of sp³-hybridized carbons (Fsp3) is 0.481. The lowest BCUT2D eigenvalue weighted by Crippen LogP contribution is -2.37. The summed E-state index contributed by atoms with van der Waals surface area (Å²) < 4.78 is 26.8. The third-order valence-electron chi connectivity index (χ3n) is 6.90. The summed E-state index contributed by atoms with van der Waals surface area (Å²) in [6, 6.07) is 15.9. The molecule has 2 aromatic carbocycles. The van der Waals surface area contributed by atoms with Gasteiger partial charge in [0.05, 0.1) is 4.90 Å². The Kier molecular flexibility index (Phi) is 8.57. The van der Waals surface area contributed by atoms with Crippen LogP contribution in [0.1, 0.15) is 68.6 Å². The van der Waals surface area contributed by atoms with Crippen molar-refractivity contribution in [3.8, 4) is 0 Å². The summed E-state index contributed by atoms with van der Waals surface area (Å²) in [7, 11) is -3.49. The lowest BCUT2D eigenvalue weighted by Gasteiger charge is -2.33. The smallest absolute Gasteiger partial charge is 0.263 e. The van der Waals surface area contributed by atoms with Crippen LogP contribution < -0.4 is 10.0 Å². The number of amides is 1. The van der Waals surface area contributed by atoms with E-state index >= 15 is 0 Å². The van der Waals surface area contributed by atoms with Gasteiger partial charge in [-0.1, -0.05) is 49.2 Å². The second-order valence-electron chi connectivity index (χ2n) is 9.50. The minimum atomic E-state index is -3.49. The molecule has 0 spiro atoms. The number of amidine groups is 1. The normalized spacial score (nSPS) is 20.4. The molecule has 2 aliphatic rings. The van der Waals surface area contributed by atoms with Crippen LogP contribution in [0.15, 0.2) is 58.4 Å². The van der Waals surface area contributed by atoms with Crippen LogP contribution in [-0.4, -0.2) is 44.2 Å². The van der Waals surface area contributed by atoms with Gasteiger partial charge in [-0.2, -0.15) is 0 Å². The molecule has 0 radical (unpaired) electrons. The number of nitrogens with one attached hydrogen (secondary N) is 2. The van der Waals surface area contributed by atoms with Crippen molar-refractivity contribution in [3.63, 3.8) is 0 Å². The first-order valence-corrected chi connectivity index (χ1v) is 14.2. The molecule has 1 saturated heterocycles. The van der Waals surface area contributed by atoms with Crippen molar-refractivity contribution in [3.05, 3.63) is 65.2 Å². The molecular weight excluding hydrogens is 460 g/mol. The summed E-state index contributed by atoms with van der Waals surface area (Å²) in [5.41, 5.74) is 3.11. The molecule has 188 valence electrons. The maximum Gasteiger partial charge on any atom is 0.263 e. The summed E-state index contributed by atoms with van der Waals surface area (Å²) in [5, 5.41) is 3.08. The number of benzene rings is 2. The van der Waals surface area contributed by atoms with Crippen LogP contribution in [0, 0.1) is 0 Å². The zero-order valence-corrected chi connectivity index (χ0v) is 21.3. The molecule has 0 aromatic heterocycles. The Hall–Kier alpha value is -2.71. The fourth-order valence-corrected chi connectivity index (χ4v) is 6.04. The predicted octanol–water partition coefficient (Wildman–Crippen LogP) is 3.98. The van der Waals surface area contributed by atoms with Gasteiger partial charge in [-0.25, -0.2) is 8.42 Å². The van der Waals surface area contributed by atoms with Gasteiger partial charge in [-0.05, 0) is 62.4 Å². The van der Waals surface area contributed by atoms with Crippen LogP contribution in [0.3, 0.4) is 0 Å². The second-order valence-corrected chi connectivity index (χ2v) is 11.2. The first-order chi connectivity index (χ1) is 16.9. The van der Waals surface area contributed by atoms with Gasteiger partial charge in [0.25, 0.3) is 10.0 Å². The van der Waals surface area contributed by atoms with Gasteiger partial charge in [0.15, 0.2) is 0 Å². The lowest BCUT2D eigenvalue weighted by molar-refractivity contribution is -0.121. The Morgan fingerprint density at radius 1 is 1.06 bits per heavy atom. The van der Waals surface area contributed by atoms with Crippen molar-refractivity contribution in [1.29, 1.82) is 0 Å². The molecule has 0 saturated carbocycles. The molecule has 2 aromatic rings. The Labute approximate surface area is 209 Å². The number of sulfonamides is 1. The SMILES string of the molecule is CC1CCCCN1Cc1ccccc1CNC(=O)CCCCCN=C1NS(=O)(=O)c2ccccc21. The number of rotatable bonds is 10. The van der Waals surface area contributed by atoms with Gasteiger partial charge in [-0.3, -0.25) is 19.4 Å². The van der Waals surface area contributed by atoms with Crippen LogP contribution in [-0.2, 0) is 27.9 Å². The maximum absolute atomic E-state index is 12.4. The highest BCUT2D eigenvalue weighted by molar-refractivity contribution is 7.90. The maximum atomic E-state index is 12.4. The number of unbranched alkanes of at least 4 members (excludes halogenated alkanes) is 2. The topological polar surface area (TPSA) is 90.9 Å². The fourth-order valence-electron chi connectivity index (χ4n) is 4.79. The molecular formula is C27H36N4O3S. The van der Waals surface area contributed by atoms with E-state index in [1.54, 1.807) is 18.2 Å². The molecule has 4 rings (SSSR count). The summed E-state index contributed by atoms with van der Waals surface area (Å²) in [6.07, 6.45) is 6.77. The van der Waals surface area contributed by atoms with Crippen molar-refractivity contribution in [2.24, 2.45) is 4.99 Å². The molecule has 1 unspecified atom stereocenters. The molecule has 2 aliphatic heterocycles. The summed E-state index contributed by atoms with van der Waals surface area (Å²) in [4.78, 5) is 19.7. The van der Waals surface area contributed by atoms with E-state index in [2.05, 4.69) is 45.1 Å². The van der Waals surface area contributed by atoms with Crippen LogP contribution in [0.25, 0.3) is 0 Å². The molecule has 1 amide bonds. The summed E-state index contributed by atoms with van der Waals surface area (Å²) in [5.74, 6) is 0.478. The molecule has 0 bridgehead atoms. The highest BCUT2D eigenvalue weighted by atomic mass is 32.2. The van der Waals surface area contributed by atoms with Gasteiger partial charge >= 0.3 is 0 Å². The Morgan fingerprint density at radius 3 is 2.66 bits per heavy atom. The largest absolute Gasteiger partial charge is 0.352 e. The van der Waals surface area contributed by atoms with Crippen molar-refractivity contribution < 1.29 is 13.2 Å². The molecule has 8 heteroatoms. The first-order valence-electron chi connectivity index (χ1n) is 12.7. The lowest BCUT2D eigenvalue weighted by atomic mass is 10.0. The second kappa shape index (κ2) is 11.8. The average molecular weight is 497 g/mol. The van der Waals surface area contributed by atoms with Gasteiger partial charge in [0.2, 0.25) is 5.91 Å². The Morgan fingerprint density at radius 2 is 1.83 bits per heavy atom. The van der Waals surface area contributed by atoms with E-state index < -0.39 is 10.0 Å². The average Bonchev–Trinajstić information content (AvgIpc) is 3.12. The van der Waals surface area contributed by atoms with Crippen LogP contribution in [0.5, 0.6) is 0 Å². The number of hydrogen-bond donors (Lipinski definition) is 2. The number of nitrogens with zero attached hydrogens (tertiary/aromatic N) is 2. The van der Waals surface area contributed by atoms with Gasteiger partial charge < -0.3 is 5.32 Å². The molecule has 1 fully saturated rings. The van der Waals surface area contributed by atoms with Crippen molar-refractivity contribution in [1.82, 2.24) is 14.9 Å². The summed E-state index contributed by atoms with van der Waals surface area (Å²) >= 11 is 0. The zero-order chi connectivity index (χ0) is 24.7. The van der Waals surface area contributed by atoms with Gasteiger partial charge in [-0.15, -0.1) is 0 Å². The number of fused-ring (bicyclic) bond motifs is 1. The van der Waals surface area contributed by atoms with E-state index in [1.165, 1.54) is 30.4 Å². The predicted molar refractivity (Wildman–Crippen MR) is 139 cm³/mol. The monoisotopic (exact) mass is 496 g/mol. The van der Waals surface area contributed by atoms with Gasteiger partial charge in [0.1, 0.15) is 5.84 Å². The molecule has 2 N–H and O–H groups in total. The molecule has 35 heavy (non-hydrogen) atoms. The number of aliphatic imine (C=N–C) groups is 1. The third-order valence-corrected chi connectivity index (χ3v) is 8.30. The standard InChI is InChI=1S/C27H36N4O3S/c1-21-11-8-10-18-31(21)20-23-13-5-4-12-22(23)19-29-26(32)16-3-2-9-17-28-27-24-14-6-7-15-25(24)35(33,34)30-27/h4-7,12-15,21H,2-3,8-11,16-20H2,1H3,(H,28,30)(H,29,32).